The van der Waals surface area contributed by atoms with Gasteiger partial charge in [-0.2, -0.15) is 0 Å². The van der Waals surface area contributed by atoms with Crippen LogP contribution in [0.1, 0.15) is 20.3 Å². The normalized spacial score (nSPS) is 13.1. The molecule has 60 valence electrons. The van der Waals surface area contributed by atoms with E-state index in [4.69, 9.17) is 5.11 Å². The molecule has 2 N–H and O–H groups in total. The molecule has 0 aromatic carbocycles. The summed E-state index contributed by atoms with van der Waals surface area (Å²) in [5.41, 5.74) is 1.18. The zero-order chi connectivity index (χ0) is 7.98. The SMILES string of the molecule is C=C(CC)CNC(C)CO. The molecule has 1 atom stereocenters. The van der Waals surface area contributed by atoms with Crippen LogP contribution >= 0.6 is 0 Å². The Bertz CT molecular complexity index is 101. The molecule has 0 saturated carbocycles. The molecule has 0 saturated heterocycles. The Hall–Kier alpha value is -0.340. The first-order valence-electron chi connectivity index (χ1n) is 3.71. The summed E-state index contributed by atoms with van der Waals surface area (Å²) in [6.07, 6.45) is 1.01. The van der Waals surface area contributed by atoms with E-state index in [1.165, 1.54) is 5.57 Å². The van der Waals surface area contributed by atoms with Crippen LogP contribution in [0.15, 0.2) is 12.2 Å². The van der Waals surface area contributed by atoms with Crippen LogP contribution in [-0.2, 0) is 0 Å². The minimum atomic E-state index is 0.184. The average Bonchev–Trinajstić information content (AvgIpc) is 1.99. The molecule has 0 rings (SSSR count). The molecule has 0 amide bonds. The van der Waals surface area contributed by atoms with Crippen molar-refractivity contribution in [2.24, 2.45) is 0 Å². The molecule has 0 aromatic rings. The van der Waals surface area contributed by atoms with Gasteiger partial charge in [-0.15, -0.1) is 0 Å². The number of nitrogens with one attached hydrogen (secondary N) is 1. The van der Waals surface area contributed by atoms with Gasteiger partial charge in [-0.3, -0.25) is 0 Å². The smallest absolute Gasteiger partial charge is 0.0582 e. The maximum Gasteiger partial charge on any atom is 0.0582 e. The minimum Gasteiger partial charge on any atom is -0.395 e. The molecule has 2 nitrogen and oxygen atoms in total. The highest BCUT2D eigenvalue weighted by atomic mass is 16.3. The van der Waals surface area contributed by atoms with Gasteiger partial charge in [0.05, 0.1) is 6.61 Å². The highest BCUT2D eigenvalue weighted by Gasteiger charge is 1.97. The lowest BCUT2D eigenvalue weighted by atomic mass is 10.2. The average molecular weight is 143 g/mol. The van der Waals surface area contributed by atoms with Crippen LogP contribution in [0.5, 0.6) is 0 Å². The van der Waals surface area contributed by atoms with Crippen LogP contribution in [-0.4, -0.2) is 24.3 Å². The van der Waals surface area contributed by atoms with Crippen molar-refractivity contribution in [1.29, 1.82) is 0 Å². The topological polar surface area (TPSA) is 32.3 Å². The quantitative estimate of drug-likeness (QED) is 0.561. The van der Waals surface area contributed by atoms with Gasteiger partial charge >= 0.3 is 0 Å². The minimum absolute atomic E-state index is 0.184. The fourth-order valence-electron chi connectivity index (χ4n) is 0.508. The molecule has 0 aliphatic rings. The Labute approximate surface area is 62.9 Å². The fourth-order valence-corrected chi connectivity index (χ4v) is 0.508. The Kier molecular flexibility index (Phi) is 5.26. The number of aliphatic hydroxyl groups excluding tert-OH is 1. The summed E-state index contributed by atoms with van der Waals surface area (Å²) in [6, 6.07) is 0.184. The second-order valence-electron chi connectivity index (χ2n) is 2.57. The molecule has 1 unspecified atom stereocenters. The molecule has 0 radical (unpaired) electrons. The van der Waals surface area contributed by atoms with E-state index < -0.39 is 0 Å². The first-order chi connectivity index (χ1) is 4.70. The summed E-state index contributed by atoms with van der Waals surface area (Å²) in [4.78, 5) is 0. The van der Waals surface area contributed by atoms with Crippen molar-refractivity contribution in [1.82, 2.24) is 5.32 Å². The predicted octanol–water partition coefficient (Wildman–Crippen LogP) is 0.923. The van der Waals surface area contributed by atoms with Gasteiger partial charge in [-0.05, 0) is 13.3 Å². The maximum absolute atomic E-state index is 8.63. The summed E-state index contributed by atoms with van der Waals surface area (Å²) < 4.78 is 0. The molecule has 0 heterocycles. The highest BCUT2D eigenvalue weighted by molar-refractivity contribution is 4.95. The van der Waals surface area contributed by atoms with Crippen molar-refractivity contribution in [2.75, 3.05) is 13.2 Å². The zero-order valence-corrected chi connectivity index (χ0v) is 6.85. The third-order valence-electron chi connectivity index (χ3n) is 1.47. The molecule has 0 fully saturated rings. The van der Waals surface area contributed by atoms with Crippen LogP contribution in [0, 0.1) is 0 Å². The lowest BCUT2D eigenvalue weighted by Crippen LogP contribution is -2.30. The second-order valence-corrected chi connectivity index (χ2v) is 2.57. The van der Waals surface area contributed by atoms with Crippen LogP contribution in [0.25, 0.3) is 0 Å². The van der Waals surface area contributed by atoms with Crippen LogP contribution < -0.4 is 5.32 Å². The van der Waals surface area contributed by atoms with Crippen LogP contribution in [0.4, 0.5) is 0 Å². The van der Waals surface area contributed by atoms with E-state index in [2.05, 4.69) is 18.8 Å². The maximum atomic E-state index is 8.63. The van der Waals surface area contributed by atoms with Gasteiger partial charge in [0.2, 0.25) is 0 Å². The predicted molar refractivity (Wildman–Crippen MR) is 44.0 cm³/mol. The van der Waals surface area contributed by atoms with Crippen molar-refractivity contribution >= 4 is 0 Å². The number of aliphatic hydroxyl groups is 1. The van der Waals surface area contributed by atoms with Gasteiger partial charge in [0.15, 0.2) is 0 Å². The third-order valence-corrected chi connectivity index (χ3v) is 1.47. The summed E-state index contributed by atoms with van der Waals surface area (Å²) in [6.45, 7) is 8.87. The van der Waals surface area contributed by atoms with Crippen molar-refractivity contribution in [3.8, 4) is 0 Å². The second kappa shape index (κ2) is 5.45. The molecule has 2 heteroatoms. The van der Waals surface area contributed by atoms with E-state index in [1.54, 1.807) is 0 Å². The van der Waals surface area contributed by atoms with Gasteiger partial charge in [0.1, 0.15) is 0 Å². The molecule has 0 bridgehead atoms. The van der Waals surface area contributed by atoms with E-state index in [0.717, 1.165) is 13.0 Å². The monoisotopic (exact) mass is 143 g/mol. The first-order valence-corrected chi connectivity index (χ1v) is 3.71. The largest absolute Gasteiger partial charge is 0.395 e. The molecular formula is C8H17NO. The van der Waals surface area contributed by atoms with Gasteiger partial charge < -0.3 is 10.4 Å². The van der Waals surface area contributed by atoms with Crippen molar-refractivity contribution in [3.05, 3.63) is 12.2 Å². The summed E-state index contributed by atoms with van der Waals surface area (Å²) >= 11 is 0. The standard InChI is InChI=1S/C8H17NO/c1-4-7(2)5-9-8(3)6-10/h8-10H,2,4-6H2,1,3H3. The van der Waals surface area contributed by atoms with E-state index in [1.807, 2.05) is 6.92 Å². The molecular weight excluding hydrogens is 126 g/mol. The van der Waals surface area contributed by atoms with Gasteiger partial charge in [-0.1, -0.05) is 19.1 Å². The zero-order valence-electron chi connectivity index (χ0n) is 6.85. The van der Waals surface area contributed by atoms with Gasteiger partial charge in [-0.25, -0.2) is 0 Å². The van der Waals surface area contributed by atoms with Crippen LogP contribution in [0.3, 0.4) is 0 Å². The Morgan fingerprint density at radius 1 is 1.70 bits per heavy atom. The Balaban J connectivity index is 3.26. The van der Waals surface area contributed by atoms with E-state index in [-0.39, 0.29) is 12.6 Å². The molecule has 0 aromatic heterocycles. The molecule has 10 heavy (non-hydrogen) atoms. The Morgan fingerprint density at radius 2 is 2.30 bits per heavy atom. The first kappa shape index (κ1) is 9.66. The summed E-state index contributed by atoms with van der Waals surface area (Å²) in [7, 11) is 0. The lowest BCUT2D eigenvalue weighted by molar-refractivity contribution is 0.254. The summed E-state index contributed by atoms with van der Waals surface area (Å²) in [5, 5.41) is 11.8. The summed E-state index contributed by atoms with van der Waals surface area (Å²) in [5.74, 6) is 0. The van der Waals surface area contributed by atoms with Crippen molar-refractivity contribution in [3.63, 3.8) is 0 Å². The van der Waals surface area contributed by atoms with E-state index >= 15 is 0 Å². The molecule has 0 aliphatic heterocycles. The van der Waals surface area contributed by atoms with Crippen LogP contribution in [0.2, 0.25) is 0 Å². The van der Waals surface area contributed by atoms with Gasteiger partial charge in [0, 0.05) is 12.6 Å². The Morgan fingerprint density at radius 3 is 2.70 bits per heavy atom. The van der Waals surface area contributed by atoms with E-state index in [9.17, 15) is 0 Å². The third kappa shape index (κ3) is 4.53. The molecule has 0 aliphatic carbocycles. The van der Waals surface area contributed by atoms with Crippen molar-refractivity contribution < 1.29 is 5.11 Å². The molecule has 0 spiro atoms. The highest BCUT2D eigenvalue weighted by Crippen LogP contribution is 1.93. The van der Waals surface area contributed by atoms with Crippen molar-refractivity contribution in [2.45, 2.75) is 26.3 Å². The van der Waals surface area contributed by atoms with Gasteiger partial charge in [0.25, 0.3) is 0 Å². The number of rotatable bonds is 5. The fraction of sp³-hybridized carbons (Fsp3) is 0.750. The number of hydrogen-bond donors (Lipinski definition) is 2. The van der Waals surface area contributed by atoms with E-state index in [0.29, 0.717) is 0 Å². The number of hydrogen-bond acceptors (Lipinski definition) is 2. The lowest BCUT2D eigenvalue weighted by Gasteiger charge is -2.10.